The lowest BCUT2D eigenvalue weighted by molar-refractivity contribution is -0.123. The largest absolute Gasteiger partial charge is 0.484 e. The molecule has 22 heavy (non-hydrogen) atoms. The van der Waals surface area contributed by atoms with Crippen molar-refractivity contribution in [1.82, 2.24) is 10.9 Å². The molecule has 0 fully saturated rings. The lowest BCUT2D eigenvalue weighted by atomic mass is 10.0. The SMILES string of the molecule is CC(C)c1ccc(OCC(=O)NNC(=O)c2cccs2)cc1. The van der Waals surface area contributed by atoms with Crippen LogP contribution in [0.4, 0.5) is 0 Å². The number of benzene rings is 1. The van der Waals surface area contributed by atoms with Crippen molar-refractivity contribution >= 4 is 23.2 Å². The van der Waals surface area contributed by atoms with Gasteiger partial charge in [0.05, 0.1) is 4.88 Å². The number of hydrazine groups is 1. The van der Waals surface area contributed by atoms with Gasteiger partial charge < -0.3 is 4.74 Å². The summed E-state index contributed by atoms with van der Waals surface area (Å²) < 4.78 is 5.36. The lowest BCUT2D eigenvalue weighted by Gasteiger charge is -2.09. The second-order valence-electron chi connectivity index (χ2n) is 4.99. The van der Waals surface area contributed by atoms with Gasteiger partial charge in [-0.15, -0.1) is 11.3 Å². The lowest BCUT2D eigenvalue weighted by Crippen LogP contribution is -2.43. The monoisotopic (exact) mass is 318 g/mol. The minimum atomic E-state index is -0.419. The topological polar surface area (TPSA) is 67.4 Å². The highest BCUT2D eigenvalue weighted by atomic mass is 32.1. The van der Waals surface area contributed by atoms with Gasteiger partial charge >= 0.3 is 0 Å². The van der Waals surface area contributed by atoms with Gasteiger partial charge in [0.15, 0.2) is 6.61 Å². The molecule has 1 aromatic carbocycles. The van der Waals surface area contributed by atoms with E-state index in [1.807, 2.05) is 24.3 Å². The van der Waals surface area contributed by atoms with Crippen molar-refractivity contribution in [3.63, 3.8) is 0 Å². The molecular formula is C16H18N2O3S. The van der Waals surface area contributed by atoms with Gasteiger partial charge in [0, 0.05) is 0 Å². The van der Waals surface area contributed by atoms with Crippen LogP contribution in [0.25, 0.3) is 0 Å². The first-order valence-electron chi connectivity index (χ1n) is 6.91. The van der Waals surface area contributed by atoms with Gasteiger partial charge in [-0.25, -0.2) is 0 Å². The van der Waals surface area contributed by atoms with E-state index < -0.39 is 5.91 Å². The molecule has 0 saturated heterocycles. The Labute approximate surface area is 133 Å². The van der Waals surface area contributed by atoms with Crippen molar-refractivity contribution in [2.45, 2.75) is 19.8 Å². The molecule has 2 N–H and O–H groups in total. The van der Waals surface area contributed by atoms with Crippen molar-refractivity contribution in [3.8, 4) is 5.75 Å². The molecule has 2 aromatic rings. The molecule has 116 valence electrons. The summed E-state index contributed by atoms with van der Waals surface area (Å²) in [5, 5.41) is 1.79. The van der Waals surface area contributed by atoms with E-state index in [2.05, 4.69) is 24.7 Å². The number of nitrogens with one attached hydrogen (secondary N) is 2. The predicted octanol–water partition coefficient (Wildman–Crippen LogP) is 2.71. The van der Waals surface area contributed by atoms with E-state index in [1.54, 1.807) is 17.5 Å². The summed E-state index contributed by atoms with van der Waals surface area (Å²) in [6.07, 6.45) is 0. The molecule has 2 amide bonds. The summed E-state index contributed by atoms with van der Waals surface area (Å²) in [6.45, 7) is 4.06. The molecule has 0 aliphatic rings. The van der Waals surface area contributed by atoms with Crippen LogP contribution >= 0.6 is 11.3 Å². The number of ether oxygens (including phenoxy) is 1. The van der Waals surface area contributed by atoms with E-state index in [1.165, 1.54) is 16.9 Å². The Balaban J connectivity index is 1.74. The van der Waals surface area contributed by atoms with Crippen LogP contribution in [0.5, 0.6) is 5.75 Å². The summed E-state index contributed by atoms with van der Waals surface area (Å²) in [6, 6.07) is 11.0. The van der Waals surface area contributed by atoms with Gasteiger partial charge in [0.2, 0.25) is 0 Å². The number of rotatable bonds is 5. The highest BCUT2D eigenvalue weighted by Gasteiger charge is 2.08. The summed E-state index contributed by atoms with van der Waals surface area (Å²) in [5.74, 6) is 0.302. The third-order valence-electron chi connectivity index (χ3n) is 2.98. The molecule has 0 aliphatic carbocycles. The van der Waals surface area contributed by atoms with Gasteiger partial charge in [-0.05, 0) is 35.1 Å². The van der Waals surface area contributed by atoms with E-state index in [4.69, 9.17) is 4.74 Å². The molecule has 0 unspecified atom stereocenters. The molecule has 0 bridgehead atoms. The third-order valence-corrected chi connectivity index (χ3v) is 3.85. The second-order valence-corrected chi connectivity index (χ2v) is 5.94. The molecule has 1 aromatic heterocycles. The van der Waals surface area contributed by atoms with Crippen LogP contribution in [0.15, 0.2) is 41.8 Å². The van der Waals surface area contributed by atoms with Gasteiger partial charge in [0.25, 0.3) is 11.8 Å². The minimum absolute atomic E-state index is 0.161. The maximum Gasteiger partial charge on any atom is 0.279 e. The molecule has 0 aliphatic heterocycles. The second kappa shape index (κ2) is 7.61. The maximum atomic E-state index is 11.6. The number of carbonyl (C=O) groups excluding carboxylic acids is 2. The van der Waals surface area contributed by atoms with Crippen LogP contribution in [0.1, 0.15) is 35.0 Å². The zero-order valence-electron chi connectivity index (χ0n) is 12.5. The normalized spacial score (nSPS) is 10.3. The first kappa shape index (κ1) is 16.0. The van der Waals surface area contributed by atoms with Crippen LogP contribution in [-0.2, 0) is 4.79 Å². The van der Waals surface area contributed by atoms with Crippen molar-refractivity contribution in [2.24, 2.45) is 0 Å². The Bertz CT molecular complexity index is 621. The fraction of sp³-hybridized carbons (Fsp3) is 0.250. The molecule has 0 radical (unpaired) electrons. The average molecular weight is 318 g/mol. The highest BCUT2D eigenvalue weighted by molar-refractivity contribution is 7.12. The summed E-state index contributed by atoms with van der Waals surface area (Å²) >= 11 is 1.30. The standard InChI is InChI=1S/C16H18N2O3S/c1-11(2)12-5-7-13(8-6-12)21-10-15(19)17-18-16(20)14-4-3-9-22-14/h3-9,11H,10H2,1-2H3,(H,17,19)(H,18,20). The van der Waals surface area contributed by atoms with Crippen LogP contribution in [0.2, 0.25) is 0 Å². The quantitative estimate of drug-likeness (QED) is 0.833. The van der Waals surface area contributed by atoms with Crippen molar-refractivity contribution in [3.05, 3.63) is 52.2 Å². The predicted molar refractivity (Wildman–Crippen MR) is 86.0 cm³/mol. The zero-order chi connectivity index (χ0) is 15.9. The number of thiophene rings is 1. The van der Waals surface area contributed by atoms with Crippen molar-refractivity contribution in [2.75, 3.05) is 6.61 Å². The molecular weight excluding hydrogens is 300 g/mol. The first-order chi connectivity index (χ1) is 10.6. The van der Waals surface area contributed by atoms with E-state index >= 15 is 0 Å². The molecule has 1 heterocycles. The first-order valence-corrected chi connectivity index (χ1v) is 7.79. The molecule has 0 saturated carbocycles. The van der Waals surface area contributed by atoms with Gasteiger partial charge in [-0.3, -0.25) is 20.4 Å². The fourth-order valence-electron chi connectivity index (χ4n) is 1.73. The van der Waals surface area contributed by atoms with E-state index in [9.17, 15) is 9.59 Å². The van der Waals surface area contributed by atoms with Gasteiger partial charge in [0.1, 0.15) is 5.75 Å². The Hall–Kier alpha value is -2.34. The summed E-state index contributed by atoms with van der Waals surface area (Å²) in [5.41, 5.74) is 5.86. The van der Waals surface area contributed by atoms with Gasteiger partial charge in [-0.2, -0.15) is 0 Å². The van der Waals surface area contributed by atoms with Crippen LogP contribution in [0.3, 0.4) is 0 Å². The van der Waals surface area contributed by atoms with Crippen LogP contribution < -0.4 is 15.6 Å². The number of hydrogen-bond donors (Lipinski definition) is 2. The minimum Gasteiger partial charge on any atom is -0.484 e. The molecule has 0 atom stereocenters. The Kier molecular flexibility index (Phi) is 5.55. The van der Waals surface area contributed by atoms with E-state index in [0.29, 0.717) is 16.5 Å². The Morgan fingerprint density at radius 1 is 1.14 bits per heavy atom. The smallest absolute Gasteiger partial charge is 0.279 e. The van der Waals surface area contributed by atoms with E-state index in [0.717, 1.165) is 0 Å². The molecule has 2 rings (SSSR count). The van der Waals surface area contributed by atoms with Crippen molar-refractivity contribution < 1.29 is 14.3 Å². The molecule has 0 spiro atoms. The van der Waals surface area contributed by atoms with Gasteiger partial charge in [-0.1, -0.05) is 32.0 Å². The number of amides is 2. The van der Waals surface area contributed by atoms with Crippen LogP contribution in [-0.4, -0.2) is 18.4 Å². The zero-order valence-corrected chi connectivity index (χ0v) is 13.3. The number of carbonyl (C=O) groups is 2. The summed E-state index contributed by atoms with van der Waals surface area (Å²) in [7, 11) is 0. The Morgan fingerprint density at radius 2 is 1.86 bits per heavy atom. The molecule has 5 nitrogen and oxygen atoms in total. The van der Waals surface area contributed by atoms with Crippen molar-refractivity contribution in [1.29, 1.82) is 0 Å². The average Bonchev–Trinajstić information content (AvgIpc) is 3.05. The summed E-state index contributed by atoms with van der Waals surface area (Å²) in [4.78, 5) is 23.8. The highest BCUT2D eigenvalue weighted by Crippen LogP contribution is 2.18. The third kappa shape index (κ3) is 4.60. The van der Waals surface area contributed by atoms with E-state index in [-0.39, 0.29) is 12.5 Å². The number of hydrogen-bond acceptors (Lipinski definition) is 4. The maximum absolute atomic E-state index is 11.6. The molecule has 6 heteroatoms. The van der Waals surface area contributed by atoms with Crippen LogP contribution in [0, 0.1) is 0 Å². The fourth-order valence-corrected chi connectivity index (χ4v) is 2.35. The Morgan fingerprint density at radius 3 is 2.45 bits per heavy atom.